The van der Waals surface area contributed by atoms with Crippen LogP contribution >= 0.6 is 0 Å². The van der Waals surface area contributed by atoms with Crippen LogP contribution in [0.3, 0.4) is 0 Å². The number of amides is 1. The van der Waals surface area contributed by atoms with E-state index in [2.05, 4.69) is 32.6 Å². The fourth-order valence-electron chi connectivity index (χ4n) is 6.37. The van der Waals surface area contributed by atoms with Gasteiger partial charge in [-0.15, -0.1) is 0 Å². The van der Waals surface area contributed by atoms with Gasteiger partial charge in [-0.2, -0.15) is 0 Å². The van der Waals surface area contributed by atoms with Crippen LogP contribution in [0.4, 0.5) is 0 Å². The molecule has 3 heteroatoms. The fraction of sp³-hybridized carbons (Fsp3) is 0.900. The minimum atomic E-state index is -0.140. The normalized spacial score (nSPS) is 47.0. The zero-order valence-corrected chi connectivity index (χ0v) is 15.5. The molecule has 23 heavy (non-hydrogen) atoms. The van der Waals surface area contributed by atoms with Crippen molar-refractivity contribution < 1.29 is 9.59 Å². The molecule has 2 aliphatic carbocycles. The maximum atomic E-state index is 12.3. The van der Waals surface area contributed by atoms with Crippen LogP contribution in [-0.2, 0) is 9.59 Å². The summed E-state index contributed by atoms with van der Waals surface area (Å²) in [5, 5.41) is 0. The quantitative estimate of drug-likeness (QED) is 0.770. The summed E-state index contributed by atoms with van der Waals surface area (Å²) >= 11 is 0. The Morgan fingerprint density at radius 2 is 1.91 bits per heavy atom. The number of Topliss-reactive ketones (excluding diaryl/α,β-unsaturated/α-hetero) is 1. The van der Waals surface area contributed by atoms with E-state index in [1.807, 2.05) is 0 Å². The van der Waals surface area contributed by atoms with E-state index in [4.69, 9.17) is 0 Å². The Labute approximate surface area is 141 Å². The second-order valence-electron chi connectivity index (χ2n) is 8.85. The molecule has 0 spiro atoms. The molecular weight excluding hydrogens is 286 g/mol. The topological polar surface area (TPSA) is 37.4 Å². The first-order valence-corrected chi connectivity index (χ1v) is 9.56. The van der Waals surface area contributed by atoms with Crippen molar-refractivity contribution in [2.45, 2.75) is 79.2 Å². The summed E-state index contributed by atoms with van der Waals surface area (Å²) in [5.74, 6) is 2.50. The third-order valence-corrected chi connectivity index (χ3v) is 8.24. The van der Waals surface area contributed by atoms with E-state index in [0.29, 0.717) is 41.9 Å². The van der Waals surface area contributed by atoms with Gasteiger partial charge in [-0.1, -0.05) is 20.8 Å². The van der Waals surface area contributed by atoms with E-state index in [1.54, 1.807) is 6.92 Å². The molecule has 3 rings (SSSR count). The standard InChI is InChI=1S/C20H33NO2/c1-6-21-17-8-7-15-13(2)19(4,14(3)22)11-9-16(15)20(17,5)12-10-18(21)23/h13,15-17H,6-12H2,1-5H3. The Hall–Kier alpha value is -0.860. The summed E-state index contributed by atoms with van der Waals surface area (Å²) in [7, 11) is 0. The van der Waals surface area contributed by atoms with E-state index in [-0.39, 0.29) is 10.8 Å². The lowest BCUT2D eigenvalue weighted by Crippen LogP contribution is -2.62. The Morgan fingerprint density at radius 3 is 2.52 bits per heavy atom. The number of hydrogen-bond acceptors (Lipinski definition) is 2. The SMILES string of the molecule is CCN1C(=O)CCC2(C)C3CCC(C)(C(C)=O)C(C)C3CCC12. The molecule has 0 aromatic rings. The Kier molecular flexibility index (Phi) is 4.13. The van der Waals surface area contributed by atoms with Gasteiger partial charge in [-0.05, 0) is 69.1 Å². The summed E-state index contributed by atoms with van der Waals surface area (Å²) in [6, 6.07) is 0.420. The molecule has 0 bridgehead atoms. The van der Waals surface area contributed by atoms with Crippen molar-refractivity contribution in [1.29, 1.82) is 0 Å². The predicted molar refractivity (Wildman–Crippen MR) is 91.9 cm³/mol. The molecule has 0 aromatic carbocycles. The van der Waals surface area contributed by atoms with Gasteiger partial charge in [0.25, 0.3) is 0 Å². The average molecular weight is 319 g/mol. The molecule has 2 saturated carbocycles. The van der Waals surface area contributed by atoms with Crippen LogP contribution in [0.1, 0.15) is 73.1 Å². The van der Waals surface area contributed by atoms with E-state index >= 15 is 0 Å². The zero-order valence-electron chi connectivity index (χ0n) is 15.5. The van der Waals surface area contributed by atoms with E-state index in [9.17, 15) is 9.59 Å². The van der Waals surface area contributed by atoms with Crippen LogP contribution in [-0.4, -0.2) is 29.2 Å². The lowest BCUT2D eigenvalue weighted by atomic mass is 9.47. The van der Waals surface area contributed by atoms with Crippen molar-refractivity contribution in [3.05, 3.63) is 0 Å². The highest BCUT2D eigenvalue weighted by molar-refractivity contribution is 5.82. The van der Waals surface area contributed by atoms with E-state index in [0.717, 1.165) is 32.2 Å². The second kappa shape index (κ2) is 5.60. The third-order valence-electron chi connectivity index (χ3n) is 8.24. The van der Waals surface area contributed by atoms with E-state index < -0.39 is 0 Å². The molecule has 0 N–H and O–H groups in total. The van der Waals surface area contributed by atoms with Crippen LogP contribution in [0, 0.1) is 28.6 Å². The molecule has 1 aliphatic heterocycles. The molecule has 6 atom stereocenters. The Morgan fingerprint density at radius 1 is 1.22 bits per heavy atom. The maximum Gasteiger partial charge on any atom is 0.222 e. The molecule has 1 heterocycles. The number of hydrogen-bond donors (Lipinski definition) is 0. The van der Waals surface area contributed by atoms with Crippen molar-refractivity contribution in [3.8, 4) is 0 Å². The number of ketones is 1. The van der Waals surface area contributed by atoms with Crippen LogP contribution in [0.25, 0.3) is 0 Å². The van der Waals surface area contributed by atoms with Crippen LogP contribution in [0.2, 0.25) is 0 Å². The summed E-state index contributed by atoms with van der Waals surface area (Å²) < 4.78 is 0. The van der Waals surface area contributed by atoms with Gasteiger partial charge in [0.15, 0.2) is 0 Å². The van der Waals surface area contributed by atoms with Crippen molar-refractivity contribution in [2.24, 2.45) is 28.6 Å². The number of likely N-dealkylation sites (tertiary alicyclic amines) is 1. The first-order chi connectivity index (χ1) is 10.8. The molecule has 0 aromatic heterocycles. The van der Waals surface area contributed by atoms with Gasteiger partial charge < -0.3 is 4.90 Å². The smallest absolute Gasteiger partial charge is 0.222 e. The lowest BCUT2D eigenvalue weighted by Gasteiger charge is -2.61. The molecule has 3 fully saturated rings. The molecule has 0 radical (unpaired) electrons. The van der Waals surface area contributed by atoms with Gasteiger partial charge in [0.1, 0.15) is 5.78 Å². The van der Waals surface area contributed by atoms with Gasteiger partial charge in [0.2, 0.25) is 5.91 Å². The minimum Gasteiger partial charge on any atom is -0.339 e. The molecule has 1 saturated heterocycles. The first kappa shape index (κ1) is 17.0. The van der Waals surface area contributed by atoms with E-state index in [1.165, 1.54) is 6.42 Å². The summed E-state index contributed by atoms with van der Waals surface area (Å²) in [6.07, 6.45) is 6.23. The molecule has 130 valence electrons. The predicted octanol–water partition coefficient (Wildman–Crippen LogP) is 4.06. The van der Waals surface area contributed by atoms with Gasteiger partial charge >= 0.3 is 0 Å². The van der Waals surface area contributed by atoms with Crippen LogP contribution < -0.4 is 0 Å². The monoisotopic (exact) mass is 319 g/mol. The first-order valence-electron chi connectivity index (χ1n) is 9.56. The van der Waals surface area contributed by atoms with Crippen molar-refractivity contribution in [3.63, 3.8) is 0 Å². The van der Waals surface area contributed by atoms with Gasteiger partial charge in [0, 0.05) is 24.4 Å². The van der Waals surface area contributed by atoms with Crippen molar-refractivity contribution >= 4 is 11.7 Å². The molecular formula is C20H33NO2. The summed E-state index contributed by atoms with van der Waals surface area (Å²) in [4.78, 5) is 26.7. The number of fused-ring (bicyclic) bond motifs is 3. The molecule has 3 aliphatic rings. The number of piperidine rings is 1. The number of carbonyl (C=O) groups excluding carboxylic acids is 2. The highest BCUT2D eigenvalue weighted by Gasteiger charge is 2.58. The molecule has 3 nitrogen and oxygen atoms in total. The maximum absolute atomic E-state index is 12.3. The van der Waals surface area contributed by atoms with Crippen molar-refractivity contribution in [2.75, 3.05) is 6.54 Å². The van der Waals surface area contributed by atoms with Gasteiger partial charge in [-0.3, -0.25) is 9.59 Å². The summed E-state index contributed by atoms with van der Waals surface area (Å²) in [5.41, 5.74) is 0.110. The Balaban J connectivity index is 1.91. The Bertz CT molecular complexity index is 516. The minimum absolute atomic E-state index is 0.140. The second-order valence-corrected chi connectivity index (χ2v) is 8.85. The van der Waals surface area contributed by atoms with Gasteiger partial charge in [0.05, 0.1) is 0 Å². The molecule has 1 amide bonds. The number of carbonyl (C=O) groups is 2. The largest absolute Gasteiger partial charge is 0.339 e. The van der Waals surface area contributed by atoms with Crippen LogP contribution in [0.5, 0.6) is 0 Å². The van der Waals surface area contributed by atoms with Crippen molar-refractivity contribution in [1.82, 2.24) is 4.90 Å². The third kappa shape index (κ3) is 2.29. The summed E-state index contributed by atoms with van der Waals surface area (Å²) in [6.45, 7) is 11.7. The van der Waals surface area contributed by atoms with Gasteiger partial charge in [-0.25, -0.2) is 0 Å². The number of rotatable bonds is 2. The highest BCUT2D eigenvalue weighted by atomic mass is 16.2. The highest BCUT2D eigenvalue weighted by Crippen LogP contribution is 2.60. The fourth-order valence-corrected chi connectivity index (χ4v) is 6.37. The molecule has 6 unspecified atom stereocenters. The number of nitrogens with zero attached hydrogens (tertiary/aromatic N) is 1. The average Bonchev–Trinajstić information content (AvgIpc) is 2.51. The lowest BCUT2D eigenvalue weighted by molar-refractivity contribution is -0.163. The zero-order chi connectivity index (χ0) is 17.0. The van der Waals surface area contributed by atoms with Crippen LogP contribution in [0.15, 0.2) is 0 Å².